The molecule has 0 amide bonds. The molecule has 2 aromatic rings. The summed E-state index contributed by atoms with van der Waals surface area (Å²) in [6, 6.07) is 7.77. The summed E-state index contributed by atoms with van der Waals surface area (Å²) in [5.41, 5.74) is 7.75. The summed E-state index contributed by atoms with van der Waals surface area (Å²) < 4.78 is 1.78. The average Bonchev–Trinajstić information content (AvgIpc) is 2.66. The second kappa shape index (κ2) is 4.68. The van der Waals surface area contributed by atoms with E-state index in [9.17, 15) is 0 Å². The normalized spacial score (nSPS) is 12.7. The van der Waals surface area contributed by atoms with Crippen molar-refractivity contribution < 1.29 is 0 Å². The van der Waals surface area contributed by atoms with Crippen LogP contribution in [0.4, 0.5) is 0 Å². The minimum atomic E-state index is 0.142. The quantitative estimate of drug-likeness (QED) is 0.888. The number of hydrogen-bond acceptors (Lipinski definition) is 2. The molecular weight excluding hydrogens is 222 g/mol. The van der Waals surface area contributed by atoms with E-state index in [0.29, 0.717) is 5.02 Å². The summed E-state index contributed by atoms with van der Waals surface area (Å²) in [7, 11) is 0. The summed E-state index contributed by atoms with van der Waals surface area (Å²) in [6.45, 7) is 1.98. The zero-order valence-electron chi connectivity index (χ0n) is 9.10. The fourth-order valence-corrected chi connectivity index (χ4v) is 1.83. The topological polar surface area (TPSA) is 43.8 Å². The van der Waals surface area contributed by atoms with Gasteiger partial charge in [0.2, 0.25) is 0 Å². The van der Waals surface area contributed by atoms with E-state index >= 15 is 0 Å². The molecule has 0 spiro atoms. The molecule has 0 bridgehead atoms. The Labute approximate surface area is 99.8 Å². The largest absolute Gasteiger partial charge is 0.328 e. The fraction of sp³-hybridized carbons (Fsp3) is 0.250. The van der Waals surface area contributed by atoms with Gasteiger partial charge in [0.1, 0.15) is 0 Å². The highest BCUT2D eigenvalue weighted by molar-refractivity contribution is 6.32. The Morgan fingerprint density at radius 1 is 1.44 bits per heavy atom. The van der Waals surface area contributed by atoms with Gasteiger partial charge in [-0.3, -0.25) is 0 Å². The number of aromatic nitrogens is 2. The SMILES string of the molecule is CC(N)Cc1cnn(-c2ccccc2Cl)c1. The number of rotatable bonds is 3. The molecule has 0 fully saturated rings. The van der Waals surface area contributed by atoms with Crippen molar-refractivity contribution >= 4 is 11.6 Å². The lowest BCUT2D eigenvalue weighted by Gasteiger charge is -2.03. The van der Waals surface area contributed by atoms with E-state index in [1.165, 1.54) is 0 Å². The van der Waals surface area contributed by atoms with Crippen molar-refractivity contribution in [2.45, 2.75) is 19.4 Å². The van der Waals surface area contributed by atoms with E-state index in [4.69, 9.17) is 17.3 Å². The summed E-state index contributed by atoms with van der Waals surface area (Å²) >= 11 is 6.09. The summed E-state index contributed by atoms with van der Waals surface area (Å²) in [4.78, 5) is 0. The zero-order valence-corrected chi connectivity index (χ0v) is 9.85. The first kappa shape index (κ1) is 11.2. The van der Waals surface area contributed by atoms with Crippen LogP contribution in [0.2, 0.25) is 5.02 Å². The van der Waals surface area contributed by atoms with Gasteiger partial charge in [-0.2, -0.15) is 5.10 Å². The molecule has 0 aliphatic heterocycles. The van der Waals surface area contributed by atoms with Gasteiger partial charge in [-0.05, 0) is 31.0 Å². The third-order valence-electron chi connectivity index (χ3n) is 2.29. The van der Waals surface area contributed by atoms with Crippen LogP contribution in [0.25, 0.3) is 5.69 Å². The molecule has 16 heavy (non-hydrogen) atoms. The number of para-hydroxylation sites is 1. The second-order valence-electron chi connectivity index (χ2n) is 3.93. The van der Waals surface area contributed by atoms with Gasteiger partial charge in [-0.15, -0.1) is 0 Å². The molecule has 0 radical (unpaired) electrons. The Morgan fingerprint density at radius 2 is 2.19 bits per heavy atom. The van der Waals surface area contributed by atoms with Gasteiger partial charge in [0.15, 0.2) is 0 Å². The predicted molar refractivity (Wildman–Crippen MR) is 65.9 cm³/mol. The Balaban J connectivity index is 2.28. The van der Waals surface area contributed by atoms with Crippen LogP contribution in [0, 0.1) is 0 Å². The van der Waals surface area contributed by atoms with Crippen LogP contribution in [-0.2, 0) is 6.42 Å². The third kappa shape index (κ3) is 2.43. The van der Waals surface area contributed by atoms with Gasteiger partial charge >= 0.3 is 0 Å². The lowest BCUT2D eigenvalue weighted by Crippen LogP contribution is -2.17. The van der Waals surface area contributed by atoms with Crippen molar-refractivity contribution in [2.24, 2.45) is 5.73 Å². The van der Waals surface area contributed by atoms with Crippen molar-refractivity contribution in [1.82, 2.24) is 9.78 Å². The van der Waals surface area contributed by atoms with E-state index < -0.39 is 0 Å². The molecule has 3 nitrogen and oxygen atoms in total. The van der Waals surface area contributed by atoms with E-state index in [1.807, 2.05) is 43.6 Å². The van der Waals surface area contributed by atoms with E-state index in [-0.39, 0.29) is 6.04 Å². The number of nitrogens with zero attached hydrogens (tertiary/aromatic N) is 2. The van der Waals surface area contributed by atoms with Gasteiger partial charge in [0, 0.05) is 12.2 Å². The molecule has 0 saturated carbocycles. The number of nitrogens with two attached hydrogens (primary N) is 1. The van der Waals surface area contributed by atoms with Crippen molar-refractivity contribution in [1.29, 1.82) is 0 Å². The fourth-order valence-electron chi connectivity index (χ4n) is 1.61. The molecule has 0 saturated heterocycles. The predicted octanol–water partition coefficient (Wildman–Crippen LogP) is 2.42. The number of benzene rings is 1. The second-order valence-corrected chi connectivity index (χ2v) is 4.33. The van der Waals surface area contributed by atoms with Crippen LogP contribution in [0.15, 0.2) is 36.7 Å². The molecule has 1 unspecified atom stereocenters. The first-order valence-corrected chi connectivity index (χ1v) is 5.58. The number of hydrogen-bond donors (Lipinski definition) is 1. The molecule has 1 atom stereocenters. The van der Waals surface area contributed by atoms with E-state index in [0.717, 1.165) is 17.7 Å². The molecule has 1 heterocycles. The van der Waals surface area contributed by atoms with Crippen molar-refractivity contribution in [2.75, 3.05) is 0 Å². The van der Waals surface area contributed by atoms with E-state index in [2.05, 4.69) is 5.10 Å². The highest BCUT2D eigenvalue weighted by Gasteiger charge is 2.05. The highest BCUT2D eigenvalue weighted by atomic mass is 35.5. The van der Waals surface area contributed by atoms with Gasteiger partial charge in [0.25, 0.3) is 0 Å². The zero-order chi connectivity index (χ0) is 11.5. The smallest absolute Gasteiger partial charge is 0.0831 e. The number of halogens is 1. The summed E-state index contributed by atoms with van der Waals surface area (Å²) in [6.07, 6.45) is 4.61. The monoisotopic (exact) mass is 235 g/mol. The molecule has 0 aliphatic rings. The lowest BCUT2D eigenvalue weighted by molar-refractivity contribution is 0.738. The molecule has 4 heteroatoms. The van der Waals surface area contributed by atoms with Crippen LogP contribution >= 0.6 is 11.6 Å². The molecule has 2 rings (SSSR count). The molecular formula is C12H14ClN3. The molecule has 2 N–H and O–H groups in total. The van der Waals surface area contributed by atoms with Gasteiger partial charge < -0.3 is 5.73 Å². The molecule has 0 aliphatic carbocycles. The molecule has 1 aromatic heterocycles. The maximum atomic E-state index is 6.09. The summed E-state index contributed by atoms with van der Waals surface area (Å²) in [5.74, 6) is 0. The maximum absolute atomic E-state index is 6.09. The van der Waals surface area contributed by atoms with Crippen molar-refractivity contribution in [3.63, 3.8) is 0 Å². The molecule has 1 aromatic carbocycles. The van der Waals surface area contributed by atoms with Crippen molar-refractivity contribution in [3.05, 3.63) is 47.2 Å². The van der Waals surface area contributed by atoms with Gasteiger partial charge in [-0.25, -0.2) is 4.68 Å². The Bertz CT molecular complexity index is 477. The summed E-state index contributed by atoms with van der Waals surface area (Å²) in [5, 5.41) is 4.97. The van der Waals surface area contributed by atoms with Crippen molar-refractivity contribution in [3.8, 4) is 5.69 Å². The Morgan fingerprint density at radius 3 is 2.88 bits per heavy atom. The van der Waals surface area contributed by atoms with E-state index in [1.54, 1.807) is 4.68 Å². The van der Waals surface area contributed by atoms with Crippen LogP contribution < -0.4 is 5.73 Å². The van der Waals surface area contributed by atoms with Crippen LogP contribution in [0.1, 0.15) is 12.5 Å². The maximum Gasteiger partial charge on any atom is 0.0831 e. The Kier molecular flexibility index (Phi) is 3.27. The van der Waals surface area contributed by atoms with Crippen LogP contribution in [0.3, 0.4) is 0 Å². The first-order valence-electron chi connectivity index (χ1n) is 5.21. The van der Waals surface area contributed by atoms with Gasteiger partial charge in [-0.1, -0.05) is 23.7 Å². The minimum absolute atomic E-state index is 0.142. The third-order valence-corrected chi connectivity index (χ3v) is 2.61. The average molecular weight is 236 g/mol. The standard InChI is InChI=1S/C12H14ClN3/c1-9(14)6-10-7-15-16(8-10)12-5-3-2-4-11(12)13/h2-5,7-9H,6,14H2,1H3. The Hall–Kier alpha value is -1.32. The first-order chi connectivity index (χ1) is 7.66. The highest BCUT2D eigenvalue weighted by Crippen LogP contribution is 2.19. The van der Waals surface area contributed by atoms with Crippen LogP contribution in [0.5, 0.6) is 0 Å². The lowest BCUT2D eigenvalue weighted by atomic mass is 10.1. The van der Waals surface area contributed by atoms with Crippen LogP contribution in [-0.4, -0.2) is 15.8 Å². The molecule has 84 valence electrons. The minimum Gasteiger partial charge on any atom is -0.328 e. The van der Waals surface area contributed by atoms with Gasteiger partial charge in [0.05, 0.1) is 16.9 Å².